The molecule has 0 bridgehead atoms. The fraction of sp³-hybridized carbons (Fsp3) is 0.600. The van der Waals surface area contributed by atoms with E-state index in [1.54, 1.807) is 6.07 Å². The highest BCUT2D eigenvalue weighted by Gasteiger charge is 2.35. The summed E-state index contributed by atoms with van der Waals surface area (Å²) in [5, 5.41) is 11.6. The van der Waals surface area contributed by atoms with Crippen LogP contribution in [0.25, 0.3) is 0 Å². The van der Waals surface area contributed by atoms with Crippen LogP contribution in [0.4, 0.5) is 21.7 Å². The highest BCUT2D eigenvalue weighted by atomic mass is 35.5. The van der Waals surface area contributed by atoms with Gasteiger partial charge in [-0.2, -0.15) is 0 Å². The van der Waals surface area contributed by atoms with Gasteiger partial charge in [0.15, 0.2) is 28.3 Å². The summed E-state index contributed by atoms with van der Waals surface area (Å²) in [7, 11) is 0. The number of ketones is 1. The molecule has 3 fully saturated rings. The molecule has 3 aliphatic rings. The van der Waals surface area contributed by atoms with Gasteiger partial charge in [-0.3, -0.25) is 19.4 Å². The minimum Gasteiger partial charge on any atom is -0.395 e. The van der Waals surface area contributed by atoms with Crippen molar-refractivity contribution in [3.63, 3.8) is 0 Å². The fourth-order valence-corrected chi connectivity index (χ4v) is 6.96. The van der Waals surface area contributed by atoms with Gasteiger partial charge in [-0.25, -0.2) is 14.4 Å². The molecule has 1 amide bonds. The second-order valence-electron chi connectivity index (χ2n) is 11.7. The number of rotatable bonds is 9. The number of Topliss-reactive ketones (excluding diaryl/α,β-unsaturated/α-hetero) is 1. The maximum Gasteiger partial charge on any atom is 0.273 e. The zero-order valence-corrected chi connectivity index (χ0v) is 25.7. The average Bonchev–Trinajstić information content (AvgIpc) is 3.44. The molecule has 0 radical (unpaired) electrons. The normalized spacial score (nSPS) is 20.7. The molecule has 3 saturated heterocycles. The quantitative estimate of drug-likeness (QED) is 0.385. The minimum atomic E-state index is -0.521. The minimum absolute atomic E-state index is 0.00789. The average molecular weight is 617 g/mol. The third kappa shape index (κ3) is 6.87. The molecule has 0 aliphatic carbocycles. The number of hydrogen-bond donors (Lipinski definition) is 3. The summed E-state index contributed by atoms with van der Waals surface area (Å²) in [6.45, 7) is 9.84. The largest absolute Gasteiger partial charge is 0.395 e. The smallest absolute Gasteiger partial charge is 0.273 e. The molecule has 13 heteroatoms. The van der Waals surface area contributed by atoms with Crippen LogP contribution in [-0.4, -0.2) is 108 Å². The van der Waals surface area contributed by atoms with Crippen molar-refractivity contribution in [1.82, 2.24) is 25.1 Å². The number of carbonyl (C=O) groups is 2. The molecule has 1 aromatic carbocycles. The Morgan fingerprint density at radius 1 is 1.16 bits per heavy atom. The Bertz CT molecular complexity index is 1340. The number of aromatic nitrogens is 2. The number of aliphatic hydroxyl groups is 1. The summed E-state index contributed by atoms with van der Waals surface area (Å²) in [6.07, 6.45) is 3.57. The van der Waals surface area contributed by atoms with Gasteiger partial charge in [-0.15, -0.1) is 0 Å². The van der Waals surface area contributed by atoms with Crippen LogP contribution in [0.5, 0.6) is 0 Å². The van der Waals surface area contributed by atoms with Crippen molar-refractivity contribution in [2.75, 3.05) is 74.5 Å². The van der Waals surface area contributed by atoms with Crippen LogP contribution in [0.15, 0.2) is 12.1 Å². The lowest BCUT2D eigenvalue weighted by Crippen LogP contribution is -2.58. The fourth-order valence-electron chi connectivity index (χ4n) is 6.72. The van der Waals surface area contributed by atoms with Gasteiger partial charge in [0.1, 0.15) is 5.82 Å². The molecule has 0 unspecified atom stereocenters. The standard InChI is InChI=1S/C30H42ClFN8O3/c1-3-21-17-39(29-27(31)35-25(28(33)36-29)30(43)34-9-15-41)13-14-40(21)22-6-10-37(11-7-22)16-20-4-5-24(32)19(2)26(20)38-12-8-23(42)18-38/h4-5,21-22,41H,3,6-18H2,1-2H3,(H2,33,36)(H,34,43)/t21-/m0/s1. The number of nitrogen functional groups attached to an aromatic ring is 1. The molecule has 1 aromatic heterocycles. The third-order valence-electron chi connectivity index (χ3n) is 8.99. The number of nitrogens with one attached hydrogen (secondary N) is 1. The summed E-state index contributed by atoms with van der Waals surface area (Å²) in [6, 6.07) is 4.19. The molecule has 5 rings (SSSR count). The number of likely N-dealkylation sites (tertiary alicyclic amines) is 1. The van der Waals surface area contributed by atoms with Gasteiger partial charge >= 0.3 is 0 Å². The molecule has 11 nitrogen and oxygen atoms in total. The maximum absolute atomic E-state index is 14.5. The lowest BCUT2D eigenvalue weighted by atomic mass is 9.97. The number of nitrogens with zero attached hydrogens (tertiary/aromatic N) is 6. The van der Waals surface area contributed by atoms with Crippen LogP contribution in [0.3, 0.4) is 0 Å². The summed E-state index contributed by atoms with van der Waals surface area (Å²) >= 11 is 6.49. The summed E-state index contributed by atoms with van der Waals surface area (Å²) in [5.41, 5.74) is 8.63. The van der Waals surface area contributed by atoms with Crippen molar-refractivity contribution in [3.8, 4) is 0 Å². The Hall–Kier alpha value is -3.06. The monoisotopic (exact) mass is 616 g/mol. The Morgan fingerprint density at radius 3 is 2.60 bits per heavy atom. The lowest BCUT2D eigenvalue weighted by Gasteiger charge is -2.47. The van der Waals surface area contributed by atoms with E-state index in [1.165, 1.54) is 0 Å². The highest BCUT2D eigenvalue weighted by Crippen LogP contribution is 2.33. The highest BCUT2D eigenvalue weighted by molar-refractivity contribution is 6.32. The molecule has 3 aliphatic heterocycles. The zero-order chi connectivity index (χ0) is 30.7. The van der Waals surface area contributed by atoms with Gasteiger partial charge in [-0.05, 0) is 50.9 Å². The molecule has 0 saturated carbocycles. The van der Waals surface area contributed by atoms with Crippen molar-refractivity contribution in [1.29, 1.82) is 0 Å². The van der Waals surface area contributed by atoms with Crippen LogP contribution < -0.4 is 20.9 Å². The number of hydrogen-bond acceptors (Lipinski definition) is 10. The van der Waals surface area contributed by atoms with Gasteiger partial charge in [0.25, 0.3) is 5.91 Å². The van der Waals surface area contributed by atoms with Crippen LogP contribution >= 0.6 is 11.6 Å². The van der Waals surface area contributed by atoms with E-state index >= 15 is 0 Å². The molecule has 4 N–H and O–H groups in total. The second-order valence-corrected chi connectivity index (χ2v) is 12.1. The first-order valence-electron chi connectivity index (χ1n) is 15.2. The van der Waals surface area contributed by atoms with Crippen LogP contribution in [-0.2, 0) is 11.3 Å². The summed E-state index contributed by atoms with van der Waals surface area (Å²) < 4.78 is 14.5. The van der Waals surface area contributed by atoms with E-state index in [-0.39, 0.29) is 41.4 Å². The predicted octanol–water partition coefficient (Wildman–Crippen LogP) is 2.23. The Labute approximate surface area is 257 Å². The van der Waals surface area contributed by atoms with E-state index in [4.69, 9.17) is 22.4 Å². The first-order chi connectivity index (χ1) is 20.7. The number of halogens is 2. The Morgan fingerprint density at radius 2 is 1.93 bits per heavy atom. The molecule has 2 aromatic rings. The molecule has 4 heterocycles. The van der Waals surface area contributed by atoms with E-state index in [1.807, 2.05) is 17.9 Å². The van der Waals surface area contributed by atoms with E-state index < -0.39 is 5.91 Å². The molecule has 234 valence electrons. The van der Waals surface area contributed by atoms with Crippen molar-refractivity contribution in [3.05, 3.63) is 39.9 Å². The number of nitrogens with two attached hydrogens (primary N) is 1. The predicted molar refractivity (Wildman–Crippen MR) is 165 cm³/mol. The molecule has 0 spiro atoms. The number of piperazine rings is 1. The molecule has 1 atom stereocenters. The summed E-state index contributed by atoms with van der Waals surface area (Å²) in [5.74, 6) is -0.0510. The molecular weight excluding hydrogens is 575 g/mol. The SMILES string of the molecule is CC[C@H]1CN(c2nc(N)c(C(=O)NCCO)nc2Cl)CCN1C1CCN(Cc2ccc(F)c(C)c2N2CCC(=O)C2)CC1. The van der Waals surface area contributed by atoms with E-state index in [0.717, 1.165) is 63.2 Å². The van der Waals surface area contributed by atoms with Crippen molar-refractivity contribution in [2.45, 2.75) is 58.2 Å². The Balaban J connectivity index is 1.20. The topological polar surface area (TPSA) is 131 Å². The van der Waals surface area contributed by atoms with E-state index in [0.29, 0.717) is 49.5 Å². The van der Waals surface area contributed by atoms with Crippen LogP contribution in [0, 0.1) is 12.7 Å². The van der Waals surface area contributed by atoms with E-state index in [9.17, 15) is 14.0 Å². The van der Waals surface area contributed by atoms with Gasteiger partial charge in [0.2, 0.25) is 0 Å². The molecular formula is C30H42ClFN8O3. The van der Waals surface area contributed by atoms with Crippen LogP contribution in [0.2, 0.25) is 5.15 Å². The van der Waals surface area contributed by atoms with Crippen LogP contribution in [0.1, 0.15) is 54.2 Å². The lowest BCUT2D eigenvalue weighted by molar-refractivity contribution is -0.116. The summed E-state index contributed by atoms with van der Waals surface area (Å²) in [4.78, 5) is 42.1. The number of amides is 1. The number of anilines is 3. The third-order valence-corrected chi connectivity index (χ3v) is 9.24. The number of carbonyl (C=O) groups excluding carboxylic acids is 2. The van der Waals surface area contributed by atoms with Crippen molar-refractivity contribution < 1.29 is 19.1 Å². The van der Waals surface area contributed by atoms with Crippen molar-refractivity contribution in [2.24, 2.45) is 0 Å². The maximum atomic E-state index is 14.5. The first-order valence-corrected chi connectivity index (χ1v) is 15.6. The first kappa shape index (κ1) is 31.4. The number of benzene rings is 1. The number of aliphatic hydroxyl groups excluding tert-OH is 1. The van der Waals surface area contributed by atoms with Gasteiger partial charge in [0.05, 0.1) is 13.2 Å². The van der Waals surface area contributed by atoms with Gasteiger partial charge in [-0.1, -0.05) is 24.6 Å². The zero-order valence-electron chi connectivity index (χ0n) is 25.0. The Kier molecular flexibility index (Phi) is 10.0. The number of piperidine rings is 1. The van der Waals surface area contributed by atoms with Gasteiger partial charge in [0, 0.05) is 69.0 Å². The second kappa shape index (κ2) is 13.7. The van der Waals surface area contributed by atoms with E-state index in [2.05, 4.69) is 36.9 Å². The van der Waals surface area contributed by atoms with Gasteiger partial charge < -0.3 is 26.0 Å². The molecule has 43 heavy (non-hydrogen) atoms. The van der Waals surface area contributed by atoms with Crippen molar-refractivity contribution >= 4 is 40.6 Å².